The van der Waals surface area contributed by atoms with E-state index in [4.69, 9.17) is 4.74 Å². The first-order chi connectivity index (χ1) is 13.7. The fraction of sp³-hybridized carbons (Fsp3) is 0.348. The Labute approximate surface area is 170 Å². The van der Waals surface area contributed by atoms with Gasteiger partial charge in [-0.25, -0.2) is 0 Å². The Kier molecular flexibility index (Phi) is 6.01. The summed E-state index contributed by atoms with van der Waals surface area (Å²) < 4.78 is 5.17. The van der Waals surface area contributed by atoms with E-state index >= 15 is 0 Å². The van der Waals surface area contributed by atoms with Gasteiger partial charge in [-0.1, -0.05) is 23.8 Å². The van der Waals surface area contributed by atoms with Gasteiger partial charge in [0.2, 0.25) is 5.91 Å². The highest BCUT2D eigenvalue weighted by molar-refractivity contribution is 6.00. The predicted octanol–water partition coefficient (Wildman–Crippen LogP) is 3.46. The average molecular weight is 394 g/mol. The Morgan fingerprint density at radius 2 is 1.72 bits per heavy atom. The number of hydrogen-bond donors (Lipinski definition) is 1. The quantitative estimate of drug-likeness (QED) is 0.788. The van der Waals surface area contributed by atoms with Gasteiger partial charge in [0.25, 0.3) is 5.91 Å². The molecule has 0 bridgehead atoms. The van der Waals surface area contributed by atoms with Crippen LogP contribution in [0.3, 0.4) is 0 Å². The first-order valence-electron chi connectivity index (χ1n) is 9.65. The van der Waals surface area contributed by atoms with E-state index in [0.717, 1.165) is 27.9 Å². The number of hydrogen-bond acceptors (Lipinski definition) is 4. The third-order valence-electron chi connectivity index (χ3n) is 4.98. The molecule has 0 aromatic heterocycles. The number of amides is 2. The fourth-order valence-corrected chi connectivity index (χ4v) is 3.62. The van der Waals surface area contributed by atoms with E-state index in [0.29, 0.717) is 5.69 Å². The van der Waals surface area contributed by atoms with Crippen molar-refractivity contribution in [1.29, 1.82) is 0 Å². The van der Waals surface area contributed by atoms with Gasteiger partial charge in [-0.05, 0) is 62.6 Å². The van der Waals surface area contributed by atoms with E-state index in [1.165, 1.54) is 0 Å². The largest absolute Gasteiger partial charge is 0.455 e. The molecule has 1 saturated heterocycles. The van der Waals surface area contributed by atoms with Gasteiger partial charge in [-0.3, -0.25) is 14.4 Å². The summed E-state index contributed by atoms with van der Waals surface area (Å²) in [6.45, 7) is 7.71. The van der Waals surface area contributed by atoms with Crippen molar-refractivity contribution in [2.24, 2.45) is 5.92 Å². The molecule has 29 heavy (non-hydrogen) atoms. The van der Waals surface area contributed by atoms with Crippen LogP contribution < -0.4 is 10.2 Å². The summed E-state index contributed by atoms with van der Waals surface area (Å²) in [4.78, 5) is 38.5. The van der Waals surface area contributed by atoms with E-state index in [1.807, 2.05) is 64.1 Å². The summed E-state index contributed by atoms with van der Waals surface area (Å²) in [5.41, 5.74) is 5.63. The summed E-state index contributed by atoms with van der Waals surface area (Å²) in [6.07, 6.45) is 0.0878. The Morgan fingerprint density at radius 1 is 1.03 bits per heavy atom. The molecule has 1 aliphatic rings. The third-order valence-corrected chi connectivity index (χ3v) is 4.98. The lowest BCUT2D eigenvalue weighted by atomic mass is 10.1. The van der Waals surface area contributed by atoms with E-state index in [2.05, 4.69) is 5.32 Å². The van der Waals surface area contributed by atoms with E-state index in [9.17, 15) is 14.4 Å². The van der Waals surface area contributed by atoms with Crippen LogP contribution in [0.4, 0.5) is 11.4 Å². The second kappa shape index (κ2) is 8.47. The topological polar surface area (TPSA) is 75.7 Å². The molecule has 1 atom stereocenters. The lowest BCUT2D eigenvalue weighted by Gasteiger charge is -2.18. The van der Waals surface area contributed by atoms with Crippen molar-refractivity contribution in [2.75, 3.05) is 23.4 Å². The minimum Gasteiger partial charge on any atom is -0.455 e. The molecule has 1 aliphatic heterocycles. The zero-order valence-electron chi connectivity index (χ0n) is 17.2. The van der Waals surface area contributed by atoms with Crippen LogP contribution in [0.1, 0.15) is 28.7 Å². The number of carbonyl (C=O) groups is 3. The molecule has 0 spiro atoms. The van der Waals surface area contributed by atoms with Gasteiger partial charge >= 0.3 is 5.97 Å². The molecule has 2 aromatic carbocycles. The highest BCUT2D eigenvalue weighted by Crippen LogP contribution is 2.27. The third kappa shape index (κ3) is 5.02. The molecular weight excluding hydrogens is 368 g/mol. The van der Waals surface area contributed by atoms with Crippen molar-refractivity contribution in [3.63, 3.8) is 0 Å². The van der Waals surface area contributed by atoms with E-state index in [1.54, 1.807) is 4.90 Å². The normalized spacial score (nSPS) is 16.1. The van der Waals surface area contributed by atoms with Crippen LogP contribution in [0.5, 0.6) is 0 Å². The van der Waals surface area contributed by atoms with Gasteiger partial charge in [-0.2, -0.15) is 0 Å². The summed E-state index contributed by atoms with van der Waals surface area (Å²) in [7, 11) is 0. The standard InChI is InChI=1S/C23H26N2O4/c1-14-5-6-20(17(4)8-14)24-21(26)13-29-23(28)18-11-22(27)25(12-18)19-9-15(2)7-16(3)10-19/h5-10,18H,11-13H2,1-4H3,(H,24,26)/t18-/m0/s1. The molecule has 1 heterocycles. The second-order valence-corrected chi connectivity index (χ2v) is 7.73. The smallest absolute Gasteiger partial charge is 0.311 e. The van der Waals surface area contributed by atoms with Crippen molar-refractivity contribution < 1.29 is 19.1 Å². The van der Waals surface area contributed by atoms with Crippen LogP contribution in [0.2, 0.25) is 0 Å². The average Bonchev–Trinajstić information content (AvgIpc) is 3.03. The first-order valence-corrected chi connectivity index (χ1v) is 9.65. The number of ether oxygens (including phenoxy) is 1. The Balaban J connectivity index is 1.56. The number of carbonyl (C=O) groups excluding carboxylic acids is 3. The van der Waals surface area contributed by atoms with Crippen LogP contribution in [0.15, 0.2) is 36.4 Å². The lowest BCUT2D eigenvalue weighted by Crippen LogP contribution is -2.28. The number of aryl methyl sites for hydroxylation is 4. The Hall–Kier alpha value is -3.15. The Bertz CT molecular complexity index is 947. The van der Waals surface area contributed by atoms with Gasteiger partial charge in [-0.15, -0.1) is 0 Å². The minimum atomic E-state index is -0.572. The van der Waals surface area contributed by atoms with Crippen molar-refractivity contribution in [1.82, 2.24) is 0 Å². The fourth-order valence-electron chi connectivity index (χ4n) is 3.62. The maximum Gasteiger partial charge on any atom is 0.311 e. The molecule has 1 N–H and O–H groups in total. The summed E-state index contributed by atoms with van der Waals surface area (Å²) in [5.74, 6) is -1.62. The molecule has 1 fully saturated rings. The number of benzene rings is 2. The second-order valence-electron chi connectivity index (χ2n) is 7.73. The van der Waals surface area contributed by atoms with Gasteiger partial charge in [0, 0.05) is 24.3 Å². The van der Waals surface area contributed by atoms with Crippen LogP contribution in [-0.4, -0.2) is 30.9 Å². The van der Waals surface area contributed by atoms with Gasteiger partial charge < -0.3 is 15.0 Å². The molecule has 6 heteroatoms. The van der Waals surface area contributed by atoms with Crippen LogP contribution in [0, 0.1) is 33.6 Å². The number of esters is 1. The maximum absolute atomic E-state index is 12.4. The van der Waals surface area contributed by atoms with Crippen LogP contribution in [-0.2, 0) is 19.1 Å². The van der Waals surface area contributed by atoms with E-state index in [-0.39, 0.29) is 25.5 Å². The summed E-state index contributed by atoms with van der Waals surface area (Å²) >= 11 is 0. The van der Waals surface area contributed by atoms with Crippen molar-refractivity contribution in [2.45, 2.75) is 34.1 Å². The van der Waals surface area contributed by atoms with Gasteiger partial charge in [0.1, 0.15) is 0 Å². The van der Waals surface area contributed by atoms with Crippen LogP contribution >= 0.6 is 0 Å². The summed E-state index contributed by atoms with van der Waals surface area (Å²) in [6, 6.07) is 11.6. The minimum absolute atomic E-state index is 0.0878. The monoisotopic (exact) mass is 394 g/mol. The molecule has 2 amide bonds. The molecule has 0 aliphatic carbocycles. The predicted molar refractivity (Wildman–Crippen MR) is 112 cm³/mol. The highest BCUT2D eigenvalue weighted by Gasteiger charge is 2.36. The molecular formula is C23H26N2O4. The lowest BCUT2D eigenvalue weighted by molar-refractivity contribution is -0.151. The van der Waals surface area contributed by atoms with Crippen molar-refractivity contribution in [3.8, 4) is 0 Å². The maximum atomic E-state index is 12.4. The molecule has 2 aromatic rings. The molecule has 0 unspecified atom stereocenters. The molecule has 3 rings (SSSR count). The van der Waals surface area contributed by atoms with E-state index < -0.39 is 17.8 Å². The zero-order valence-corrected chi connectivity index (χ0v) is 17.2. The molecule has 6 nitrogen and oxygen atoms in total. The number of rotatable bonds is 5. The SMILES string of the molecule is Cc1cc(C)cc(N2C[C@@H](C(=O)OCC(=O)Nc3ccc(C)cc3C)CC2=O)c1. The number of anilines is 2. The summed E-state index contributed by atoms with van der Waals surface area (Å²) in [5, 5.41) is 2.75. The first kappa shape index (κ1) is 20.6. The Morgan fingerprint density at radius 3 is 2.38 bits per heavy atom. The van der Waals surface area contributed by atoms with Gasteiger partial charge in [0.15, 0.2) is 6.61 Å². The molecule has 152 valence electrons. The molecule has 0 saturated carbocycles. The highest BCUT2D eigenvalue weighted by atomic mass is 16.5. The van der Waals surface area contributed by atoms with Crippen LogP contribution in [0.25, 0.3) is 0 Å². The zero-order chi connectivity index (χ0) is 21.1. The van der Waals surface area contributed by atoms with Crippen molar-refractivity contribution in [3.05, 3.63) is 58.7 Å². The van der Waals surface area contributed by atoms with Gasteiger partial charge in [0.05, 0.1) is 5.92 Å². The molecule has 0 radical (unpaired) electrons. The number of nitrogens with one attached hydrogen (secondary N) is 1. The number of nitrogens with zero attached hydrogens (tertiary/aromatic N) is 1. The van der Waals surface area contributed by atoms with Crippen molar-refractivity contribution >= 4 is 29.2 Å².